The van der Waals surface area contributed by atoms with Gasteiger partial charge in [0.2, 0.25) is 11.8 Å². The number of anilines is 1. The lowest BCUT2D eigenvalue weighted by Crippen LogP contribution is -2.18. The van der Waals surface area contributed by atoms with Crippen molar-refractivity contribution < 1.29 is 18.7 Å². The zero-order valence-corrected chi connectivity index (χ0v) is 16.5. The molecule has 0 atom stereocenters. The van der Waals surface area contributed by atoms with E-state index in [1.54, 1.807) is 43.5 Å². The topological polar surface area (TPSA) is 91.4 Å². The molecule has 0 bridgehead atoms. The van der Waals surface area contributed by atoms with Crippen molar-refractivity contribution in [2.24, 2.45) is 0 Å². The molecule has 2 heterocycles. The first-order chi connectivity index (χ1) is 14.7. The van der Waals surface area contributed by atoms with Crippen molar-refractivity contribution in [2.45, 2.75) is 6.54 Å². The Morgan fingerprint density at radius 2 is 1.83 bits per heavy atom. The third-order valence-corrected chi connectivity index (χ3v) is 4.49. The summed E-state index contributed by atoms with van der Waals surface area (Å²) >= 11 is 0. The average Bonchev–Trinajstić information content (AvgIpc) is 3.47. The van der Waals surface area contributed by atoms with Gasteiger partial charge in [-0.1, -0.05) is 24.3 Å². The van der Waals surface area contributed by atoms with E-state index in [1.165, 1.54) is 18.1 Å². The minimum atomic E-state index is -0.366. The maximum Gasteiger partial charge on any atom is 0.285 e. The Kier molecular flexibility index (Phi) is 5.47. The van der Waals surface area contributed by atoms with Gasteiger partial charge in [-0.3, -0.25) is 4.79 Å². The van der Waals surface area contributed by atoms with Crippen LogP contribution in [-0.4, -0.2) is 34.9 Å². The van der Waals surface area contributed by atoms with E-state index in [-0.39, 0.29) is 5.91 Å². The number of carbonyl (C=O) groups is 1. The number of rotatable bonds is 7. The third kappa shape index (κ3) is 3.88. The van der Waals surface area contributed by atoms with Crippen LogP contribution in [0.5, 0.6) is 11.5 Å². The van der Waals surface area contributed by atoms with E-state index in [9.17, 15) is 4.79 Å². The molecule has 0 spiro atoms. The molecule has 0 saturated heterocycles. The van der Waals surface area contributed by atoms with Crippen LogP contribution in [0.3, 0.4) is 0 Å². The molecule has 152 valence electrons. The summed E-state index contributed by atoms with van der Waals surface area (Å²) < 4.78 is 17.1. The number of aromatic nitrogens is 3. The first-order valence-electron chi connectivity index (χ1n) is 9.25. The zero-order chi connectivity index (χ0) is 20.9. The number of furan rings is 1. The van der Waals surface area contributed by atoms with Gasteiger partial charge in [0.15, 0.2) is 5.76 Å². The first-order valence-corrected chi connectivity index (χ1v) is 9.25. The fourth-order valence-electron chi connectivity index (χ4n) is 2.94. The van der Waals surface area contributed by atoms with Gasteiger partial charge in [-0.2, -0.15) is 9.67 Å². The largest absolute Gasteiger partial charge is 0.497 e. The number of nitrogens with one attached hydrogen (secondary N) is 1. The number of ether oxygens (including phenoxy) is 2. The van der Waals surface area contributed by atoms with E-state index in [0.29, 0.717) is 35.4 Å². The minimum Gasteiger partial charge on any atom is -0.497 e. The molecule has 0 fully saturated rings. The van der Waals surface area contributed by atoms with Gasteiger partial charge in [0, 0.05) is 6.54 Å². The maximum atomic E-state index is 13.2. The molecular formula is C22H20N4O4. The predicted octanol–water partition coefficient (Wildman–Crippen LogP) is 3.86. The summed E-state index contributed by atoms with van der Waals surface area (Å²) in [5, 5.41) is 7.55. The van der Waals surface area contributed by atoms with Crippen LogP contribution in [0.15, 0.2) is 71.3 Å². The summed E-state index contributed by atoms with van der Waals surface area (Å²) in [5.74, 6) is 1.93. The lowest BCUT2D eigenvalue weighted by atomic mass is 10.2. The van der Waals surface area contributed by atoms with Gasteiger partial charge in [-0.25, -0.2) is 0 Å². The van der Waals surface area contributed by atoms with E-state index >= 15 is 0 Å². The summed E-state index contributed by atoms with van der Waals surface area (Å²) in [6.45, 7) is 0.444. The highest BCUT2D eigenvalue weighted by Gasteiger charge is 2.22. The van der Waals surface area contributed by atoms with Gasteiger partial charge in [-0.15, -0.1) is 5.10 Å². The summed E-state index contributed by atoms with van der Waals surface area (Å²) in [7, 11) is 3.14. The van der Waals surface area contributed by atoms with Crippen LogP contribution < -0.4 is 14.8 Å². The van der Waals surface area contributed by atoms with Crippen LogP contribution >= 0.6 is 0 Å². The number of benzene rings is 2. The second kappa shape index (κ2) is 8.52. The second-order valence-corrected chi connectivity index (χ2v) is 6.36. The monoisotopic (exact) mass is 404 g/mol. The van der Waals surface area contributed by atoms with Crippen molar-refractivity contribution in [3.63, 3.8) is 0 Å². The van der Waals surface area contributed by atoms with Crippen LogP contribution in [0.4, 0.5) is 5.95 Å². The van der Waals surface area contributed by atoms with Crippen LogP contribution in [0, 0.1) is 0 Å². The fourth-order valence-corrected chi connectivity index (χ4v) is 2.94. The van der Waals surface area contributed by atoms with Crippen molar-refractivity contribution in [3.05, 3.63) is 78.1 Å². The highest BCUT2D eigenvalue weighted by molar-refractivity contribution is 5.99. The standard InChI is InChI=1S/C22H20N4O4/c1-28-16-11-9-15(10-12-16)14-23-22-24-20(19-8-5-13-30-19)25-26(22)21(27)17-6-3-4-7-18(17)29-2/h3-13H,14H2,1-2H3,(H,23,24,25). The molecule has 0 unspecified atom stereocenters. The Labute approximate surface area is 173 Å². The lowest BCUT2D eigenvalue weighted by Gasteiger charge is -2.10. The maximum absolute atomic E-state index is 13.2. The average molecular weight is 404 g/mol. The third-order valence-electron chi connectivity index (χ3n) is 4.49. The number of hydrogen-bond acceptors (Lipinski definition) is 7. The van der Waals surface area contributed by atoms with Crippen LogP contribution in [-0.2, 0) is 6.54 Å². The Balaban J connectivity index is 1.66. The molecular weight excluding hydrogens is 384 g/mol. The Morgan fingerprint density at radius 3 is 2.53 bits per heavy atom. The summed E-state index contributed by atoms with van der Waals surface area (Å²) in [6, 6.07) is 18.1. The van der Waals surface area contributed by atoms with Crippen LogP contribution in [0.25, 0.3) is 11.6 Å². The van der Waals surface area contributed by atoms with Crippen molar-refractivity contribution in [1.82, 2.24) is 14.8 Å². The summed E-state index contributed by atoms with van der Waals surface area (Å²) in [5.41, 5.74) is 1.37. The SMILES string of the molecule is COc1ccc(CNc2nc(-c3ccco3)nn2C(=O)c2ccccc2OC)cc1. The molecule has 0 saturated carbocycles. The Hall–Kier alpha value is -4.07. The fraction of sp³-hybridized carbons (Fsp3) is 0.136. The minimum absolute atomic E-state index is 0.299. The molecule has 0 radical (unpaired) electrons. The van der Waals surface area contributed by atoms with Gasteiger partial charge in [0.1, 0.15) is 11.5 Å². The first kappa shape index (κ1) is 19.3. The van der Waals surface area contributed by atoms with E-state index in [4.69, 9.17) is 13.9 Å². The normalized spacial score (nSPS) is 10.6. The smallest absolute Gasteiger partial charge is 0.285 e. The molecule has 4 aromatic rings. The van der Waals surface area contributed by atoms with Gasteiger partial charge >= 0.3 is 0 Å². The van der Waals surface area contributed by atoms with Crippen LogP contribution in [0.1, 0.15) is 15.9 Å². The molecule has 0 aliphatic heterocycles. The molecule has 1 N–H and O–H groups in total. The molecule has 8 nitrogen and oxygen atoms in total. The number of carbonyl (C=O) groups excluding carboxylic acids is 1. The Morgan fingerprint density at radius 1 is 1.03 bits per heavy atom. The second-order valence-electron chi connectivity index (χ2n) is 6.36. The molecule has 0 amide bonds. The van der Waals surface area contributed by atoms with Gasteiger partial charge < -0.3 is 19.2 Å². The molecule has 0 aliphatic carbocycles. The zero-order valence-electron chi connectivity index (χ0n) is 16.5. The Bertz CT molecular complexity index is 1130. The van der Waals surface area contributed by atoms with E-state index in [1.807, 2.05) is 24.3 Å². The molecule has 8 heteroatoms. The van der Waals surface area contributed by atoms with Crippen molar-refractivity contribution >= 4 is 11.9 Å². The summed E-state index contributed by atoms with van der Waals surface area (Å²) in [6.07, 6.45) is 1.53. The van der Waals surface area contributed by atoms with Gasteiger partial charge in [0.25, 0.3) is 5.91 Å². The van der Waals surface area contributed by atoms with Gasteiger partial charge in [0.05, 0.1) is 26.0 Å². The quantitative estimate of drug-likeness (QED) is 0.500. The number of methoxy groups -OCH3 is 2. The van der Waals surface area contributed by atoms with Crippen molar-refractivity contribution in [1.29, 1.82) is 0 Å². The number of hydrogen-bond donors (Lipinski definition) is 1. The predicted molar refractivity (Wildman–Crippen MR) is 111 cm³/mol. The molecule has 4 rings (SSSR count). The van der Waals surface area contributed by atoms with E-state index in [2.05, 4.69) is 15.4 Å². The molecule has 0 aliphatic rings. The van der Waals surface area contributed by atoms with E-state index < -0.39 is 0 Å². The van der Waals surface area contributed by atoms with Crippen LogP contribution in [0.2, 0.25) is 0 Å². The lowest BCUT2D eigenvalue weighted by molar-refractivity contribution is 0.0944. The van der Waals surface area contributed by atoms with Crippen molar-refractivity contribution in [2.75, 3.05) is 19.5 Å². The number of nitrogens with zero attached hydrogens (tertiary/aromatic N) is 3. The highest BCUT2D eigenvalue weighted by atomic mass is 16.5. The van der Waals surface area contributed by atoms with Gasteiger partial charge in [-0.05, 0) is 42.0 Å². The van der Waals surface area contributed by atoms with Crippen molar-refractivity contribution in [3.8, 4) is 23.1 Å². The highest BCUT2D eigenvalue weighted by Crippen LogP contribution is 2.23. The molecule has 2 aromatic heterocycles. The molecule has 2 aromatic carbocycles. The molecule has 30 heavy (non-hydrogen) atoms. The summed E-state index contributed by atoms with van der Waals surface area (Å²) in [4.78, 5) is 17.7. The van der Waals surface area contributed by atoms with E-state index in [0.717, 1.165) is 11.3 Å². The number of para-hydroxylation sites is 1.